The van der Waals surface area contributed by atoms with Crippen LogP contribution in [0, 0.1) is 6.92 Å². The van der Waals surface area contributed by atoms with Crippen molar-refractivity contribution in [1.82, 2.24) is 20.3 Å². The van der Waals surface area contributed by atoms with Gasteiger partial charge < -0.3 is 4.90 Å². The van der Waals surface area contributed by atoms with Gasteiger partial charge in [0.1, 0.15) is 11.0 Å². The van der Waals surface area contributed by atoms with E-state index >= 15 is 0 Å². The highest BCUT2D eigenvalue weighted by Crippen LogP contribution is 2.18. The van der Waals surface area contributed by atoms with E-state index in [4.69, 9.17) is 0 Å². The average molecular weight is 401 g/mol. The smallest absolute Gasteiger partial charge is 0.253 e. The fourth-order valence-corrected chi connectivity index (χ4v) is 3.38. The van der Waals surface area contributed by atoms with Crippen LogP contribution in [0.5, 0.6) is 0 Å². The maximum Gasteiger partial charge on any atom is 0.253 e. The van der Waals surface area contributed by atoms with E-state index in [1.165, 1.54) is 5.56 Å². The molecule has 0 bridgehead atoms. The number of aromatic amines is 1. The number of hydrogen-bond donors (Lipinski definition) is 1. The summed E-state index contributed by atoms with van der Waals surface area (Å²) in [6.07, 6.45) is 3.04. The molecule has 0 saturated heterocycles. The Morgan fingerprint density at radius 1 is 1.20 bits per heavy atom. The fourth-order valence-electron chi connectivity index (χ4n) is 2.94. The lowest BCUT2D eigenvalue weighted by Gasteiger charge is -2.17. The first-order valence-corrected chi connectivity index (χ1v) is 9.15. The molecule has 130 valence electrons. The number of nitrogens with one attached hydrogen (secondary N) is 1. The maximum absolute atomic E-state index is 12.6. The van der Waals surface area contributed by atoms with Crippen molar-refractivity contribution in [2.45, 2.75) is 26.2 Å². The summed E-state index contributed by atoms with van der Waals surface area (Å²) in [5.41, 5.74) is 4.47. The van der Waals surface area contributed by atoms with Gasteiger partial charge in [0, 0.05) is 23.6 Å². The molecule has 0 saturated carbocycles. The van der Waals surface area contributed by atoms with Crippen LogP contribution in [0.2, 0.25) is 0 Å². The number of nitrogens with zero attached hydrogens (tertiary/aromatic N) is 3. The molecule has 0 aliphatic rings. The van der Waals surface area contributed by atoms with Gasteiger partial charge in [0.25, 0.3) is 5.91 Å². The first-order valence-electron chi connectivity index (χ1n) is 8.35. The van der Waals surface area contributed by atoms with Crippen LogP contribution in [0.1, 0.15) is 34.3 Å². The van der Waals surface area contributed by atoms with E-state index in [1.54, 1.807) is 11.0 Å². The average Bonchev–Trinajstić information content (AvgIpc) is 3.07. The van der Waals surface area contributed by atoms with Crippen LogP contribution >= 0.6 is 15.9 Å². The number of aryl methyl sites for hydroxylation is 2. The van der Waals surface area contributed by atoms with E-state index in [-0.39, 0.29) is 5.91 Å². The van der Waals surface area contributed by atoms with Crippen molar-refractivity contribution in [3.05, 3.63) is 57.6 Å². The Balaban J connectivity index is 1.55. The van der Waals surface area contributed by atoms with Gasteiger partial charge in [0.2, 0.25) is 0 Å². The molecule has 3 rings (SSSR count). The van der Waals surface area contributed by atoms with Crippen LogP contribution in [0.3, 0.4) is 0 Å². The van der Waals surface area contributed by atoms with Crippen LogP contribution < -0.4 is 0 Å². The zero-order valence-electron chi connectivity index (χ0n) is 14.4. The Bertz CT molecular complexity index is 890. The Hall–Kier alpha value is -2.21. The van der Waals surface area contributed by atoms with Crippen molar-refractivity contribution in [3.8, 4) is 0 Å². The second kappa shape index (κ2) is 7.78. The molecule has 1 aromatic heterocycles. The number of carbonyl (C=O) groups is 1. The minimum atomic E-state index is 0.0236. The summed E-state index contributed by atoms with van der Waals surface area (Å²) in [5, 5.41) is 10.8. The minimum absolute atomic E-state index is 0.0236. The highest BCUT2D eigenvalue weighted by atomic mass is 79.9. The van der Waals surface area contributed by atoms with Crippen LogP contribution in [-0.4, -0.2) is 39.8 Å². The van der Waals surface area contributed by atoms with E-state index in [9.17, 15) is 4.79 Å². The van der Waals surface area contributed by atoms with E-state index in [1.807, 2.05) is 26.1 Å². The first kappa shape index (κ1) is 17.6. The summed E-state index contributed by atoms with van der Waals surface area (Å²) in [4.78, 5) is 14.4. The minimum Gasteiger partial charge on any atom is -0.342 e. The topological polar surface area (TPSA) is 61.9 Å². The Morgan fingerprint density at radius 2 is 2.04 bits per heavy atom. The summed E-state index contributed by atoms with van der Waals surface area (Å²) < 4.78 is 1.11. The summed E-state index contributed by atoms with van der Waals surface area (Å²) in [6, 6.07) is 12.0. The molecule has 0 fully saturated rings. The number of unbranched alkanes of at least 4 members (excludes halogenated alkanes) is 1. The normalized spacial score (nSPS) is 11.0. The molecule has 3 aromatic rings. The number of amides is 1. The van der Waals surface area contributed by atoms with Gasteiger partial charge in [-0.05, 0) is 61.6 Å². The highest BCUT2D eigenvalue weighted by molar-refractivity contribution is 9.10. The number of aromatic nitrogens is 3. The molecule has 1 N–H and O–H groups in total. The van der Waals surface area contributed by atoms with Gasteiger partial charge >= 0.3 is 0 Å². The molecule has 1 amide bonds. The lowest BCUT2D eigenvalue weighted by atomic mass is 10.1. The number of carbonyl (C=O) groups excluding carboxylic acids is 1. The molecule has 0 spiro atoms. The molecule has 0 radical (unpaired) electrons. The molecule has 5 nitrogen and oxygen atoms in total. The van der Waals surface area contributed by atoms with E-state index in [0.29, 0.717) is 5.56 Å². The van der Waals surface area contributed by atoms with Crippen molar-refractivity contribution in [1.29, 1.82) is 0 Å². The number of H-pyrrole nitrogens is 1. The van der Waals surface area contributed by atoms with Crippen molar-refractivity contribution >= 4 is 32.9 Å². The van der Waals surface area contributed by atoms with E-state index in [2.05, 4.69) is 49.5 Å². The van der Waals surface area contributed by atoms with Gasteiger partial charge in [0.15, 0.2) is 0 Å². The zero-order valence-corrected chi connectivity index (χ0v) is 16.0. The lowest BCUT2D eigenvalue weighted by Crippen LogP contribution is -2.27. The van der Waals surface area contributed by atoms with Gasteiger partial charge in [-0.2, -0.15) is 15.4 Å². The maximum atomic E-state index is 12.6. The van der Waals surface area contributed by atoms with E-state index < -0.39 is 0 Å². The molecular weight excluding hydrogens is 380 g/mol. The summed E-state index contributed by atoms with van der Waals surface area (Å²) in [7, 11) is 1.85. The van der Waals surface area contributed by atoms with Crippen molar-refractivity contribution in [2.24, 2.45) is 0 Å². The molecular formula is C19H21BrN4O. The summed E-state index contributed by atoms with van der Waals surface area (Å²) in [6.45, 7) is 2.68. The highest BCUT2D eigenvalue weighted by Gasteiger charge is 2.14. The monoisotopic (exact) mass is 400 g/mol. The summed E-state index contributed by atoms with van der Waals surface area (Å²) in [5.74, 6) is 0.0236. The van der Waals surface area contributed by atoms with Gasteiger partial charge in [-0.25, -0.2) is 0 Å². The first-order chi connectivity index (χ1) is 12.0. The van der Waals surface area contributed by atoms with Gasteiger partial charge in [-0.15, -0.1) is 0 Å². The predicted octanol–water partition coefficient (Wildman–Crippen LogP) is 4.12. The molecule has 0 aliphatic carbocycles. The molecule has 6 heteroatoms. The summed E-state index contributed by atoms with van der Waals surface area (Å²) >= 11 is 3.49. The van der Waals surface area contributed by atoms with Crippen molar-refractivity contribution < 1.29 is 4.79 Å². The third-order valence-electron chi connectivity index (χ3n) is 4.30. The van der Waals surface area contributed by atoms with Crippen LogP contribution in [0.4, 0.5) is 0 Å². The number of fused-ring (bicyclic) bond motifs is 1. The second-order valence-electron chi connectivity index (χ2n) is 6.30. The SMILES string of the molecule is Cc1cc(C(=O)N(C)CCCCc2cccc(Br)c2)cc2n[nH]nc12. The number of rotatable bonds is 6. The number of benzene rings is 2. The van der Waals surface area contributed by atoms with Gasteiger partial charge in [0.05, 0.1) is 0 Å². The molecule has 2 aromatic carbocycles. The Labute approximate surface area is 155 Å². The van der Waals surface area contributed by atoms with E-state index in [0.717, 1.165) is 46.9 Å². The Kier molecular flexibility index (Phi) is 5.48. The molecule has 0 atom stereocenters. The zero-order chi connectivity index (χ0) is 17.8. The number of hydrogen-bond acceptors (Lipinski definition) is 3. The Morgan fingerprint density at radius 3 is 2.84 bits per heavy atom. The predicted molar refractivity (Wildman–Crippen MR) is 103 cm³/mol. The number of halogens is 1. The largest absolute Gasteiger partial charge is 0.342 e. The van der Waals surface area contributed by atoms with Crippen molar-refractivity contribution in [3.63, 3.8) is 0 Å². The lowest BCUT2D eigenvalue weighted by molar-refractivity contribution is 0.0793. The van der Waals surface area contributed by atoms with Crippen LogP contribution in [0.15, 0.2) is 40.9 Å². The standard InChI is InChI=1S/C19H21BrN4O/c1-13-10-15(12-17-18(13)22-23-21-17)19(25)24(2)9-4-3-6-14-7-5-8-16(20)11-14/h5,7-8,10-12H,3-4,6,9H2,1-2H3,(H,21,22,23). The van der Waals surface area contributed by atoms with Gasteiger partial charge in [-0.1, -0.05) is 28.1 Å². The molecule has 0 aliphatic heterocycles. The fraction of sp³-hybridized carbons (Fsp3) is 0.316. The molecule has 25 heavy (non-hydrogen) atoms. The van der Waals surface area contributed by atoms with Crippen molar-refractivity contribution in [2.75, 3.05) is 13.6 Å². The van der Waals surface area contributed by atoms with Gasteiger partial charge in [-0.3, -0.25) is 4.79 Å². The van der Waals surface area contributed by atoms with Crippen LogP contribution in [0.25, 0.3) is 11.0 Å². The second-order valence-corrected chi connectivity index (χ2v) is 7.21. The molecule has 1 heterocycles. The third-order valence-corrected chi connectivity index (χ3v) is 4.80. The quantitative estimate of drug-likeness (QED) is 0.632. The molecule has 0 unspecified atom stereocenters. The third kappa shape index (κ3) is 4.25. The van der Waals surface area contributed by atoms with Crippen LogP contribution in [-0.2, 0) is 6.42 Å².